The van der Waals surface area contributed by atoms with E-state index in [4.69, 9.17) is 14.2 Å². The summed E-state index contributed by atoms with van der Waals surface area (Å²) in [6.45, 7) is 2.61. The summed E-state index contributed by atoms with van der Waals surface area (Å²) in [5.74, 6) is 0.430. The van der Waals surface area contributed by atoms with Gasteiger partial charge in [-0.3, -0.25) is 4.79 Å². The van der Waals surface area contributed by atoms with Gasteiger partial charge in [-0.1, -0.05) is 0 Å². The van der Waals surface area contributed by atoms with Crippen molar-refractivity contribution >= 4 is 21.8 Å². The summed E-state index contributed by atoms with van der Waals surface area (Å²) in [7, 11) is 4.75. The number of halogens is 1. The maximum Gasteiger partial charge on any atom is 0.252 e. The fourth-order valence-electron chi connectivity index (χ4n) is 1.66. The molecule has 20 heavy (non-hydrogen) atoms. The minimum absolute atomic E-state index is 0.199. The van der Waals surface area contributed by atoms with Crippen LogP contribution in [-0.2, 0) is 9.47 Å². The zero-order chi connectivity index (χ0) is 15.2. The van der Waals surface area contributed by atoms with Crippen LogP contribution in [0.15, 0.2) is 22.7 Å². The lowest BCUT2D eigenvalue weighted by atomic mass is 10.1. The van der Waals surface area contributed by atoms with Crippen molar-refractivity contribution in [1.82, 2.24) is 5.32 Å². The van der Waals surface area contributed by atoms with E-state index >= 15 is 0 Å². The van der Waals surface area contributed by atoms with Gasteiger partial charge < -0.3 is 19.5 Å². The van der Waals surface area contributed by atoms with Crippen LogP contribution in [0.25, 0.3) is 0 Å². The number of amides is 1. The Bertz CT molecular complexity index is 466. The van der Waals surface area contributed by atoms with Gasteiger partial charge in [0.25, 0.3) is 5.91 Å². The Balaban J connectivity index is 2.76. The number of rotatable bonds is 7. The second-order valence-electron chi connectivity index (χ2n) is 4.62. The van der Waals surface area contributed by atoms with Crippen LogP contribution in [0, 0.1) is 0 Å². The molecule has 1 aromatic rings. The van der Waals surface area contributed by atoms with Crippen LogP contribution >= 0.6 is 15.9 Å². The largest absolute Gasteiger partial charge is 0.497 e. The predicted octanol–water partition coefficient (Wildman–Crippen LogP) is 2.24. The normalized spacial score (nSPS) is 13.7. The van der Waals surface area contributed by atoms with Gasteiger partial charge in [0.15, 0.2) is 0 Å². The first-order valence-electron chi connectivity index (χ1n) is 6.11. The first-order valence-corrected chi connectivity index (χ1v) is 6.91. The van der Waals surface area contributed by atoms with E-state index in [1.54, 1.807) is 39.5 Å². The Morgan fingerprint density at radius 3 is 2.60 bits per heavy atom. The van der Waals surface area contributed by atoms with Gasteiger partial charge in [0, 0.05) is 25.2 Å². The molecule has 0 aromatic heterocycles. The third-order valence-electron chi connectivity index (χ3n) is 2.98. The molecule has 0 fully saturated rings. The lowest BCUT2D eigenvalue weighted by Crippen LogP contribution is -2.45. The van der Waals surface area contributed by atoms with E-state index in [9.17, 15) is 4.79 Å². The highest BCUT2D eigenvalue weighted by atomic mass is 79.9. The molecule has 6 heteroatoms. The molecule has 1 amide bonds. The summed E-state index contributed by atoms with van der Waals surface area (Å²) >= 11 is 3.36. The van der Waals surface area contributed by atoms with Crippen molar-refractivity contribution in [3.63, 3.8) is 0 Å². The molecule has 0 aliphatic rings. The van der Waals surface area contributed by atoms with Crippen molar-refractivity contribution in [1.29, 1.82) is 0 Å². The van der Waals surface area contributed by atoms with E-state index in [-0.39, 0.29) is 5.91 Å². The molecular weight excluding hydrogens is 326 g/mol. The number of methoxy groups -OCH3 is 3. The van der Waals surface area contributed by atoms with Gasteiger partial charge >= 0.3 is 0 Å². The van der Waals surface area contributed by atoms with Crippen molar-refractivity contribution in [3.8, 4) is 5.75 Å². The quantitative estimate of drug-likeness (QED) is 0.823. The van der Waals surface area contributed by atoms with Gasteiger partial charge in [0.05, 0.1) is 19.3 Å². The lowest BCUT2D eigenvalue weighted by molar-refractivity contribution is -0.0479. The average molecular weight is 346 g/mol. The van der Waals surface area contributed by atoms with E-state index in [1.807, 2.05) is 6.92 Å². The maximum absolute atomic E-state index is 12.2. The molecule has 0 aliphatic heterocycles. The van der Waals surface area contributed by atoms with Gasteiger partial charge in [-0.25, -0.2) is 0 Å². The Morgan fingerprint density at radius 1 is 1.35 bits per heavy atom. The standard InChI is InChI=1S/C14H20BrNO4/c1-14(20-4,9-18-2)8-16-13(17)11-7-10(19-3)5-6-12(11)15/h5-7H,8-9H2,1-4H3,(H,16,17)/t14-/m0/s1. The Morgan fingerprint density at radius 2 is 2.05 bits per heavy atom. The Labute approximate surface area is 127 Å². The van der Waals surface area contributed by atoms with Crippen LogP contribution in [0.2, 0.25) is 0 Å². The molecule has 0 radical (unpaired) electrons. The number of ether oxygens (including phenoxy) is 3. The molecule has 1 aromatic carbocycles. The van der Waals surface area contributed by atoms with Gasteiger partial charge in [-0.05, 0) is 41.1 Å². The number of hydrogen-bond donors (Lipinski definition) is 1. The highest BCUT2D eigenvalue weighted by molar-refractivity contribution is 9.10. The molecule has 1 N–H and O–H groups in total. The third kappa shape index (κ3) is 4.47. The fraction of sp³-hybridized carbons (Fsp3) is 0.500. The highest BCUT2D eigenvalue weighted by Crippen LogP contribution is 2.22. The van der Waals surface area contributed by atoms with Crippen molar-refractivity contribution in [3.05, 3.63) is 28.2 Å². The molecule has 5 nitrogen and oxygen atoms in total. The molecule has 1 atom stereocenters. The zero-order valence-corrected chi connectivity index (χ0v) is 13.7. The monoisotopic (exact) mass is 345 g/mol. The minimum atomic E-state index is -0.560. The van der Waals surface area contributed by atoms with Crippen molar-refractivity contribution in [2.24, 2.45) is 0 Å². The van der Waals surface area contributed by atoms with Crippen LogP contribution in [-0.4, -0.2) is 46.0 Å². The number of carbonyl (C=O) groups is 1. The molecule has 0 spiro atoms. The molecule has 0 heterocycles. The SMILES string of the molecule is COC[C@](C)(CNC(=O)c1cc(OC)ccc1Br)OC. The molecule has 0 saturated heterocycles. The molecule has 0 saturated carbocycles. The number of carbonyl (C=O) groups excluding carboxylic acids is 1. The summed E-state index contributed by atoms with van der Waals surface area (Å²) in [6.07, 6.45) is 0. The fourth-order valence-corrected chi connectivity index (χ4v) is 2.08. The van der Waals surface area contributed by atoms with Crippen molar-refractivity contribution < 1.29 is 19.0 Å². The van der Waals surface area contributed by atoms with Gasteiger partial charge in [0.2, 0.25) is 0 Å². The number of benzene rings is 1. The molecule has 112 valence electrons. The number of nitrogens with one attached hydrogen (secondary N) is 1. The zero-order valence-electron chi connectivity index (χ0n) is 12.2. The predicted molar refractivity (Wildman–Crippen MR) is 80.3 cm³/mol. The highest BCUT2D eigenvalue weighted by Gasteiger charge is 2.25. The van der Waals surface area contributed by atoms with Gasteiger partial charge in [-0.2, -0.15) is 0 Å². The topological polar surface area (TPSA) is 56.8 Å². The molecule has 0 aliphatic carbocycles. The molecule has 0 unspecified atom stereocenters. The smallest absolute Gasteiger partial charge is 0.252 e. The summed E-state index contributed by atoms with van der Waals surface area (Å²) in [6, 6.07) is 5.24. The van der Waals surface area contributed by atoms with Crippen LogP contribution < -0.4 is 10.1 Å². The van der Waals surface area contributed by atoms with Crippen LogP contribution in [0.1, 0.15) is 17.3 Å². The van der Waals surface area contributed by atoms with Crippen LogP contribution in [0.5, 0.6) is 5.75 Å². The van der Waals surface area contributed by atoms with E-state index < -0.39 is 5.60 Å². The van der Waals surface area contributed by atoms with Gasteiger partial charge in [0.1, 0.15) is 11.4 Å². The summed E-state index contributed by atoms with van der Waals surface area (Å²) in [5, 5.41) is 2.84. The van der Waals surface area contributed by atoms with E-state index in [2.05, 4.69) is 21.2 Å². The second-order valence-corrected chi connectivity index (χ2v) is 5.47. The molecular formula is C14H20BrNO4. The van der Waals surface area contributed by atoms with E-state index in [0.717, 1.165) is 0 Å². The third-order valence-corrected chi connectivity index (χ3v) is 3.68. The first-order chi connectivity index (χ1) is 9.45. The summed E-state index contributed by atoms with van der Waals surface area (Å²) < 4.78 is 16.3. The minimum Gasteiger partial charge on any atom is -0.497 e. The van der Waals surface area contributed by atoms with Crippen LogP contribution in [0.3, 0.4) is 0 Å². The van der Waals surface area contributed by atoms with Crippen LogP contribution in [0.4, 0.5) is 0 Å². The van der Waals surface area contributed by atoms with Gasteiger partial charge in [-0.15, -0.1) is 0 Å². The maximum atomic E-state index is 12.2. The Hall–Kier alpha value is -1.11. The number of hydrogen-bond acceptors (Lipinski definition) is 4. The second kappa shape index (κ2) is 7.61. The van der Waals surface area contributed by atoms with E-state index in [0.29, 0.717) is 28.9 Å². The molecule has 1 rings (SSSR count). The van der Waals surface area contributed by atoms with Crippen molar-refractivity contribution in [2.45, 2.75) is 12.5 Å². The van der Waals surface area contributed by atoms with E-state index in [1.165, 1.54) is 0 Å². The summed E-state index contributed by atoms with van der Waals surface area (Å²) in [5.41, 5.74) is -0.0457. The van der Waals surface area contributed by atoms with Crippen molar-refractivity contribution in [2.75, 3.05) is 34.5 Å². The summed E-state index contributed by atoms with van der Waals surface area (Å²) in [4.78, 5) is 12.2. The molecule has 0 bridgehead atoms. The lowest BCUT2D eigenvalue weighted by Gasteiger charge is -2.27. The first kappa shape index (κ1) is 16.9. The average Bonchev–Trinajstić information content (AvgIpc) is 2.45. The Kier molecular flexibility index (Phi) is 6.45.